The number of aromatic nitrogens is 3. The maximum Gasteiger partial charge on any atom is 0.360 e. The van der Waals surface area contributed by atoms with Crippen molar-refractivity contribution in [2.24, 2.45) is 0 Å². The van der Waals surface area contributed by atoms with Gasteiger partial charge in [0.05, 0.1) is 12.3 Å². The minimum Gasteiger partial charge on any atom is -0.461 e. The van der Waals surface area contributed by atoms with Crippen LogP contribution in [-0.2, 0) is 9.53 Å². The molecule has 1 amide bonds. The Morgan fingerprint density at radius 1 is 1.38 bits per heavy atom. The predicted molar refractivity (Wildman–Crippen MR) is 75.9 cm³/mol. The van der Waals surface area contributed by atoms with Gasteiger partial charge in [-0.05, 0) is 40.5 Å². The van der Waals surface area contributed by atoms with Crippen LogP contribution in [0.3, 0.4) is 0 Å². The number of amides is 1. The van der Waals surface area contributed by atoms with Crippen LogP contribution in [0.4, 0.5) is 0 Å². The van der Waals surface area contributed by atoms with E-state index in [1.807, 2.05) is 13.8 Å². The number of carbonyl (C=O) groups is 2. The van der Waals surface area contributed by atoms with Crippen molar-refractivity contribution in [3.05, 3.63) is 11.4 Å². The van der Waals surface area contributed by atoms with Gasteiger partial charge in [0.25, 0.3) is 0 Å². The van der Waals surface area contributed by atoms with Crippen molar-refractivity contribution in [2.45, 2.75) is 58.5 Å². The van der Waals surface area contributed by atoms with E-state index in [1.165, 1.54) is 0 Å². The van der Waals surface area contributed by atoms with E-state index < -0.39 is 12.0 Å². The molecule has 2 rings (SSSR count). The molecule has 1 aliphatic rings. The first-order chi connectivity index (χ1) is 9.95. The summed E-state index contributed by atoms with van der Waals surface area (Å²) in [6.07, 6.45) is 1.97. The summed E-state index contributed by atoms with van der Waals surface area (Å²) in [5, 5.41) is 10.8. The topological polar surface area (TPSA) is 86.1 Å². The molecule has 1 aliphatic carbocycles. The Labute approximate surface area is 124 Å². The molecule has 116 valence electrons. The summed E-state index contributed by atoms with van der Waals surface area (Å²) < 4.78 is 6.57. The Hall–Kier alpha value is -1.92. The molecule has 1 unspecified atom stereocenters. The van der Waals surface area contributed by atoms with E-state index in [0.717, 1.165) is 18.5 Å². The van der Waals surface area contributed by atoms with Crippen LogP contribution in [0.15, 0.2) is 0 Å². The molecule has 1 aromatic rings. The SMILES string of the molecule is CCOC(=O)c1nnn(C(C)C(=O)NC(C)C)c1C1CC1. The van der Waals surface area contributed by atoms with Crippen molar-refractivity contribution in [3.63, 3.8) is 0 Å². The molecule has 0 bridgehead atoms. The molecule has 1 heterocycles. The van der Waals surface area contributed by atoms with E-state index >= 15 is 0 Å². The maximum absolute atomic E-state index is 12.1. The van der Waals surface area contributed by atoms with Gasteiger partial charge in [0.2, 0.25) is 5.91 Å². The molecular weight excluding hydrogens is 272 g/mol. The summed E-state index contributed by atoms with van der Waals surface area (Å²) >= 11 is 0. The summed E-state index contributed by atoms with van der Waals surface area (Å²) in [6, 6.07) is -0.448. The van der Waals surface area contributed by atoms with Gasteiger partial charge < -0.3 is 10.1 Å². The van der Waals surface area contributed by atoms with Crippen molar-refractivity contribution in [3.8, 4) is 0 Å². The van der Waals surface area contributed by atoms with Crippen LogP contribution >= 0.6 is 0 Å². The molecule has 1 N–H and O–H groups in total. The minimum absolute atomic E-state index is 0.0531. The van der Waals surface area contributed by atoms with Gasteiger partial charge in [-0.25, -0.2) is 9.48 Å². The van der Waals surface area contributed by atoms with Crippen molar-refractivity contribution >= 4 is 11.9 Å². The fourth-order valence-corrected chi connectivity index (χ4v) is 2.19. The highest BCUT2D eigenvalue weighted by Gasteiger charge is 2.36. The van der Waals surface area contributed by atoms with Crippen molar-refractivity contribution in [1.29, 1.82) is 0 Å². The first kappa shape index (κ1) is 15.5. The molecule has 21 heavy (non-hydrogen) atoms. The average molecular weight is 294 g/mol. The van der Waals surface area contributed by atoms with Gasteiger partial charge in [-0.3, -0.25) is 4.79 Å². The molecular formula is C14H22N4O3. The number of carbonyl (C=O) groups excluding carboxylic acids is 2. The summed E-state index contributed by atoms with van der Waals surface area (Å²) in [4.78, 5) is 24.1. The highest BCUT2D eigenvalue weighted by atomic mass is 16.5. The van der Waals surface area contributed by atoms with Crippen LogP contribution in [0.1, 0.15) is 68.7 Å². The third-order valence-corrected chi connectivity index (χ3v) is 3.34. The van der Waals surface area contributed by atoms with Gasteiger partial charge in [-0.1, -0.05) is 5.21 Å². The van der Waals surface area contributed by atoms with Crippen molar-refractivity contribution in [2.75, 3.05) is 6.61 Å². The quantitative estimate of drug-likeness (QED) is 0.802. The molecule has 0 radical (unpaired) electrons. The lowest BCUT2D eigenvalue weighted by Crippen LogP contribution is -2.36. The monoisotopic (exact) mass is 294 g/mol. The Kier molecular flexibility index (Phi) is 4.59. The Morgan fingerprint density at radius 3 is 2.57 bits per heavy atom. The second-order valence-electron chi connectivity index (χ2n) is 5.60. The zero-order valence-electron chi connectivity index (χ0n) is 12.9. The lowest BCUT2D eigenvalue weighted by atomic mass is 10.2. The number of nitrogens with zero attached hydrogens (tertiary/aromatic N) is 3. The largest absolute Gasteiger partial charge is 0.461 e. The van der Waals surface area contributed by atoms with Crippen LogP contribution in [0.2, 0.25) is 0 Å². The smallest absolute Gasteiger partial charge is 0.360 e. The summed E-state index contributed by atoms with van der Waals surface area (Å²) in [5.74, 6) is -0.358. The van der Waals surface area contributed by atoms with E-state index in [2.05, 4.69) is 15.6 Å². The van der Waals surface area contributed by atoms with Crippen LogP contribution in [0.5, 0.6) is 0 Å². The molecule has 1 saturated carbocycles. The lowest BCUT2D eigenvalue weighted by Gasteiger charge is -2.16. The van der Waals surface area contributed by atoms with E-state index in [1.54, 1.807) is 18.5 Å². The van der Waals surface area contributed by atoms with Crippen LogP contribution in [0, 0.1) is 0 Å². The van der Waals surface area contributed by atoms with Crippen LogP contribution in [0.25, 0.3) is 0 Å². The predicted octanol–water partition coefficient (Wildman–Crippen LogP) is 1.42. The number of nitrogens with one attached hydrogen (secondary N) is 1. The number of esters is 1. The second kappa shape index (κ2) is 6.24. The summed E-state index contributed by atoms with van der Waals surface area (Å²) in [5.41, 5.74) is 0.961. The third-order valence-electron chi connectivity index (χ3n) is 3.34. The number of hydrogen-bond donors (Lipinski definition) is 1. The normalized spacial score (nSPS) is 15.9. The first-order valence-electron chi connectivity index (χ1n) is 7.38. The van der Waals surface area contributed by atoms with E-state index in [9.17, 15) is 9.59 Å². The Balaban J connectivity index is 2.27. The summed E-state index contributed by atoms with van der Waals surface area (Å²) in [7, 11) is 0. The Morgan fingerprint density at radius 2 is 2.05 bits per heavy atom. The molecule has 0 spiro atoms. The van der Waals surface area contributed by atoms with Gasteiger partial charge in [0.1, 0.15) is 6.04 Å². The molecule has 7 heteroatoms. The van der Waals surface area contributed by atoms with E-state index in [-0.39, 0.29) is 23.6 Å². The number of rotatable bonds is 6. The van der Waals surface area contributed by atoms with Gasteiger partial charge in [-0.15, -0.1) is 5.10 Å². The number of hydrogen-bond acceptors (Lipinski definition) is 5. The highest BCUT2D eigenvalue weighted by Crippen LogP contribution is 2.42. The van der Waals surface area contributed by atoms with Gasteiger partial charge in [0, 0.05) is 12.0 Å². The average Bonchev–Trinajstić information content (AvgIpc) is 3.16. The van der Waals surface area contributed by atoms with E-state index in [4.69, 9.17) is 4.74 Å². The molecule has 1 fully saturated rings. The molecule has 1 aromatic heterocycles. The van der Waals surface area contributed by atoms with Crippen molar-refractivity contribution in [1.82, 2.24) is 20.3 Å². The molecule has 0 aliphatic heterocycles. The maximum atomic E-state index is 12.1. The molecule has 0 aromatic carbocycles. The van der Waals surface area contributed by atoms with Crippen LogP contribution in [-0.4, -0.2) is 39.5 Å². The van der Waals surface area contributed by atoms with Gasteiger partial charge in [0.15, 0.2) is 5.69 Å². The summed E-state index contributed by atoms with van der Waals surface area (Å²) in [6.45, 7) is 7.60. The fourth-order valence-electron chi connectivity index (χ4n) is 2.19. The highest BCUT2D eigenvalue weighted by molar-refractivity contribution is 5.89. The molecule has 0 saturated heterocycles. The standard InChI is InChI=1S/C14H22N4O3/c1-5-21-14(20)11-12(10-6-7-10)18(17-16-11)9(4)13(19)15-8(2)3/h8-10H,5-7H2,1-4H3,(H,15,19). The van der Waals surface area contributed by atoms with Gasteiger partial charge >= 0.3 is 5.97 Å². The van der Waals surface area contributed by atoms with E-state index in [0.29, 0.717) is 6.61 Å². The number of ether oxygens (including phenoxy) is 1. The zero-order chi connectivity index (χ0) is 15.6. The molecule has 1 atom stereocenters. The lowest BCUT2D eigenvalue weighted by molar-refractivity contribution is -0.124. The fraction of sp³-hybridized carbons (Fsp3) is 0.714. The zero-order valence-corrected chi connectivity index (χ0v) is 12.9. The Bertz CT molecular complexity index is 534. The van der Waals surface area contributed by atoms with Crippen molar-refractivity contribution < 1.29 is 14.3 Å². The van der Waals surface area contributed by atoms with Gasteiger partial charge in [-0.2, -0.15) is 0 Å². The minimum atomic E-state index is -0.501. The van der Waals surface area contributed by atoms with Crippen LogP contribution < -0.4 is 5.32 Å². The molecule has 7 nitrogen and oxygen atoms in total. The first-order valence-corrected chi connectivity index (χ1v) is 7.38. The third kappa shape index (κ3) is 3.40. The second-order valence-corrected chi connectivity index (χ2v) is 5.60.